The minimum Gasteiger partial charge on any atom is -0.316 e. The number of aryl methyl sites for hydroxylation is 1. The van der Waals surface area contributed by atoms with Crippen LogP contribution in [0.25, 0.3) is 0 Å². The molecule has 0 saturated carbocycles. The SMILES string of the molecule is Cc1cc(Cl)c(C2CCCNC2)cc1F. The highest BCUT2D eigenvalue weighted by molar-refractivity contribution is 6.31. The molecule has 1 fully saturated rings. The highest BCUT2D eigenvalue weighted by Gasteiger charge is 2.18. The zero-order chi connectivity index (χ0) is 10.8. The Morgan fingerprint density at radius 2 is 2.27 bits per heavy atom. The van der Waals surface area contributed by atoms with Crippen molar-refractivity contribution in [3.05, 3.63) is 34.1 Å². The molecule has 82 valence electrons. The molecule has 2 rings (SSSR count). The lowest BCUT2D eigenvalue weighted by molar-refractivity contribution is 0.459. The molecule has 0 aromatic heterocycles. The van der Waals surface area contributed by atoms with E-state index in [9.17, 15) is 4.39 Å². The van der Waals surface area contributed by atoms with Crippen LogP contribution in [0.15, 0.2) is 12.1 Å². The summed E-state index contributed by atoms with van der Waals surface area (Å²) < 4.78 is 13.4. The van der Waals surface area contributed by atoms with Crippen molar-refractivity contribution in [3.63, 3.8) is 0 Å². The molecule has 0 aliphatic carbocycles. The van der Waals surface area contributed by atoms with Crippen LogP contribution in [0.3, 0.4) is 0 Å². The Labute approximate surface area is 94.6 Å². The van der Waals surface area contributed by atoms with Gasteiger partial charge in [0.05, 0.1) is 0 Å². The first kappa shape index (κ1) is 10.9. The van der Waals surface area contributed by atoms with Crippen LogP contribution in [0.5, 0.6) is 0 Å². The predicted molar refractivity (Wildman–Crippen MR) is 61.0 cm³/mol. The van der Waals surface area contributed by atoms with Crippen molar-refractivity contribution in [1.29, 1.82) is 0 Å². The Balaban J connectivity index is 2.30. The molecule has 1 nitrogen and oxygen atoms in total. The lowest BCUT2D eigenvalue weighted by atomic mass is 9.91. The molecule has 1 N–H and O–H groups in total. The van der Waals surface area contributed by atoms with E-state index in [0.717, 1.165) is 31.5 Å². The number of piperidine rings is 1. The molecule has 1 saturated heterocycles. The molecule has 0 bridgehead atoms. The number of nitrogens with one attached hydrogen (secondary N) is 1. The topological polar surface area (TPSA) is 12.0 Å². The van der Waals surface area contributed by atoms with Crippen LogP contribution in [0.4, 0.5) is 4.39 Å². The van der Waals surface area contributed by atoms with Crippen molar-refractivity contribution in [2.45, 2.75) is 25.7 Å². The van der Waals surface area contributed by atoms with Gasteiger partial charge in [0, 0.05) is 11.6 Å². The fourth-order valence-electron chi connectivity index (χ4n) is 2.09. The van der Waals surface area contributed by atoms with Crippen LogP contribution in [0, 0.1) is 12.7 Å². The molecule has 1 aromatic rings. The van der Waals surface area contributed by atoms with Gasteiger partial charge < -0.3 is 5.32 Å². The van der Waals surface area contributed by atoms with E-state index < -0.39 is 0 Å². The average Bonchev–Trinajstić information content (AvgIpc) is 2.25. The van der Waals surface area contributed by atoms with Crippen LogP contribution < -0.4 is 5.32 Å². The molecule has 1 aliphatic heterocycles. The van der Waals surface area contributed by atoms with Gasteiger partial charge in [0.1, 0.15) is 5.82 Å². The molecule has 0 spiro atoms. The van der Waals surface area contributed by atoms with Crippen LogP contribution in [0.2, 0.25) is 5.02 Å². The molecule has 1 aliphatic rings. The summed E-state index contributed by atoms with van der Waals surface area (Å²) in [5.41, 5.74) is 1.57. The van der Waals surface area contributed by atoms with E-state index in [4.69, 9.17) is 11.6 Å². The van der Waals surface area contributed by atoms with Crippen LogP contribution in [-0.4, -0.2) is 13.1 Å². The molecule has 3 heteroatoms. The van der Waals surface area contributed by atoms with E-state index in [0.29, 0.717) is 16.5 Å². The average molecular weight is 228 g/mol. The molecule has 1 atom stereocenters. The zero-order valence-electron chi connectivity index (χ0n) is 8.82. The predicted octanol–water partition coefficient (Wildman–Crippen LogP) is 3.25. The number of hydrogen-bond acceptors (Lipinski definition) is 1. The van der Waals surface area contributed by atoms with Crippen molar-refractivity contribution < 1.29 is 4.39 Å². The Hall–Kier alpha value is -0.600. The first-order chi connectivity index (χ1) is 7.18. The van der Waals surface area contributed by atoms with E-state index in [1.165, 1.54) is 0 Å². The molecule has 1 unspecified atom stereocenters. The molecule has 15 heavy (non-hydrogen) atoms. The lowest BCUT2D eigenvalue weighted by Gasteiger charge is -2.24. The maximum Gasteiger partial charge on any atom is 0.126 e. The molecule has 1 heterocycles. The minimum absolute atomic E-state index is 0.153. The van der Waals surface area contributed by atoms with E-state index in [1.54, 1.807) is 19.1 Å². The summed E-state index contributed by atoms with van der Waals surface area (Å²) in [7, 11) is 0. The summed E-state index contributed by atoms with van der Waals surface area (Å²) in [5.74, 6) is 0.210. The van der Waals surface area contributed by atoms with Crippen molar-refractivity contribution in [2.24, 2.45) is 0 Å². The fraction of sp³-hybridized carbons (Fsp3) is 0.500. The van der Waals surface area contributed by atoms with E-state index in [1.807, 2.05) is 0 Å². The van der Waals surface area contributed by atoms with Gasteiger partial charge in [-0.1, -0.05) is 11.6 Å². The molecule has 0 radical (unpaired) electrons. The Morgan fingerprint density at radius 1 is 1.47 bits per heavy atom. The molecular formula is C12H15ClFN. The van der Waals surface area contributed by atoms with Gasteiger partial charge in [-0.3, -0.25) is 0 Å². The van der Waals surface area contributed by atoms with Crippen molar-refractivity contribution in [1.82, 2.24) is 5.32 Å². The summed E-state index contributed by atoms with van der Waals surface area (Å²) in [6.07, 6.45) is 2.23. The fourth-order valence-corrected chi connectivity index (χ4v) is 2.46. The van der Waals surface area contributed by atoms with Gasteiger partial charge in [0.15, 0.2) is 0 Å². The van der Waals surface area contributed by atoms with Gasteiger partial charge in [-0.05, 0) is 55.5 Å². The maximum absolute atomic E-state index is 13.4. The Morgan fingerprint density at radius 3 is 2.93 bits per heavy atom. The standard InChI is InChI=1S/C12H15ClFN/c1-8-5-11(13)10(6-12(8)14)9-3-2-4-15-7-9/h5-6,9,15H,2-4,7H2,1H3. The first-order valence-electron chi connectivity index (χ1n) is 5.34. The third-order valence-electron chi connectivity index (χ3n) is 3.01. The van der Waals surface area contributed by atoms with Gasteiger partial charge >= 0.3 is 0 Å². The van der Waals surface area contributed by atoms with Crippen molar-refractivity contribution in [3.8, 4) is 0 Å². The summed E-state index contributed by atoms with van der Waals surface area (Å²) in [5, 5.41) is 4.01. The van der Waals surface area contributed by atoms with Crippen molar-refractivity contribution in [2.75, 3.05) is 13.1 Å². The lowest BCUT2D eigenvalue weighted by Crippen LogP contribution is -2.28. The molecule has 1 aromatic carbocycles. The van der Waals surface area contributed by atoms with Gasteiger partial charge in [-0.15, -0.1) is 0 Å². The second kappa shape index (κ2) is 4.50. The number of benzene rings is 1. The van der Waals surface area contributed by atoms with E-state index >= 15 is 0 Å². The van der Waals surface area contributed by atoms with Gasteiger partial charge in [0.2, 0.25) is 0 Å². The van der Waals surface area contributed by atoms with Gasteiger partial charge in [-0.2, -0.15) is 0 Å². The van der Waals surface area contributed by atoms with Crippen LogP contribution in [0.1, 0.15) is 29.9 Å². The first-order valence-corrected chi connectivity index (χ1v) is 5.72. The maximum atomic E-state index is 13.4. The third kappa shape index (κ3) is 2.32. The summed E-state index contributed by atoms with van der Waals surface area (Å²) in [4.78, 5) is 0. The Bertz CT molecular complexity index is 359. The van der Waals surface area contributed by atoms with Gasteiger partial charge in [0.25, 0.3) is 0 Å². The third-order valence-corrected chi connectivity index (χ3v) is 3.34. The van der Waals surface area contributed by atoms with E-state index in [-0.39, 0.29) is 5.82 Å². The molecular weight excluding hydrogens is 213 g/mol. The van der Waals surface area contributed by atoms with Gasteiger partial charge in [-0.25, -0.2) is 4.39 Å². The minimum atomic E-state index is -0.153. The van der Waals surface area contributed by atoms with Crippen LogP contribution in [-0.2, 0) is 0 Å². The largest absolute Gasteiger partial charge is 0.316 e. The van der Waals surface area contributed by atoms with Crippen molar-refractivity contribution >= 4 is 11.6 Å². The zero-order valence-corrected chi connectivity index (χ0v) is 9.57. The van der Waals surface area contributed by atoms with E-state index in [2.05, 4.69) is 5.32 Å². The summed E-state index contributed by atoms with van der Waals surface area (Å²) >= 11 is 6.14. The molecule has 0 amide bonds. The normalized spacial score (nSPS) is 21.7. The highest BCUT2D eigenvalue weighted by atomic mass is 35.5. The highest BCUT2D eigenvalue weighted by Crippen LogP contribution is 2.31. The number of halogens is 2. The summed E-state index contributed by atoms with van der Waals surface area (Å²) in [6, 6.07) is 3.32. The Kier molecular flexibility index (Phi) is 3.27. The monoisotopic (exact) mass is 227 g/mol. The second-order valence-electron chi connectivity index (χ2n) is 4.17. The smallest absolute Gasteiger partial charge is 0.126 e. The number of rotatable bonds is 1. The second-order valence-corrected chi connectivity index (χ2v) is 4.57. The number of hydrogen-bond donors (Lipinski definition) is 1. The summed E-state index contributed by atoms with van der Waals surface area (Å²) in [6.45, 7) is 3.70. The van der Waals surface area contributed by atoms with Crippen LogP contribution >= 0.6 is 11.6 Å². The quantitative estimate of drug-likeness (QED) is 0.777.